The van der Waals surface area contributed by atoms with E-state index in [-0.39, 0.29) is 5.56 Å². The second-order valence-corrected chi connectivity index (χ2v) is 5.07. The number of aromatic amines is 1. The smallest absolute Gasteiger partial charge is 0.267 e. The first-order valence-corrected chi connectivity index (χ1v) is 6.47. The maximum atomic E-state index is 11.7. The molecule has 1 N–H and O–H groups in total. The van der Waals surface area contributed by atoms with Gasteiger partial charge in [-0.25, -0.2) is 5.10 Å². The summed E-state index contributed by atoms with van der Waals surface area (Å²) in [4.78, 5) is 11.7. The summed E-state index contributed by atoms with van der Waals surface area (Å²) in [6.45, 7) is 0. The predicted molar refractivity (Wildman–Crippen MR) is 71.9 cm³/mol. The van der Waals surface area contributed by atoms with Gasteiger partial charge >= 0.3 is 0 Å². The summed E-state index contributed by atoms with van der Waals surface area (Å²) in [6, 6.07) is 9.77. The van der Waals surface area contributed by atoms with Gasteiger partial charge < -0.3 is 0 Å². The van der Waals surface area contributed by atoms with Crippen LogP contribution in [0.2, 0.25) is 5.15 Å². The molecule has 0 amide bonds. The molecule has 0 atom stereocenters. The molecule has 1 aromatic heterocycles. The van der Waals surface area contributed by atoms with E-state index in [1.807, 2.05) is 12.1 Å². The number of nitrogens with one attached hydrogen (secondary N) is 1. The number of hydrogen-bond donors (Lipinski definition) is 1. The third kappa shape index (κ3) is 2.06. The van der Waals surface area contributed by atoms with E-state index in [9.17, 15) is 4.79 Å². The van der Waals surface area contributed by atoms with Crippen molar-refractivity contribution in [2.75, 3.05) is 0 Å². The Morgan fingerprint density at radius 3 is 2.56 bits per heavy atom. The largest absolute Gasteiger partial charge is 0.272 e. The van der Waals surface area contributed by atoms with Crippen LogP contribution in [0.1, 0.15) is 30.7 Å². The van der Waals surface area contributed by atoms with Crippen molar-refractivity contribution >= 4 is 11.6 Å². The number of H-pyrrole nitrogens is 1. The van der Waals surface area contributed by atoms with E-state index >= 15 is 0 Å². The Hall–Kier alpha value is -1.61. The van der Waals surface area contributed by atoms with Gasteiger partial charge in [0.2, 0.25) is 0 Å². The SMILES string of the molecule is O=c1[nH]nc(Cl)cc1-c1ccc(C2CCC2)cc1. The lowest BCUT2D eigenvalue weighted by Gasteiger charge is -2.25. The normalized spacial score (nSPS) is 15.4. The average Bonchev–Trinajstić information content (AvgIpc) is 2.31. The van der Waals surface area contributed by atoms with Crippen LogP contribution in [0.4, 0.5) is 0 Å². The van der Waals surface area contributed by atoms with Gasteiger partial charge in [-0.05, 0) is 36.0 Å². The van der Waals surface area contributed by atoms with Crippen molar-refractivity contribution < 1.29 is 0 Å². The van der Waals surface area contributed by atoms with E-state index in [0.717, 1.165) is 5.56 Å². The Labute approximate surface area is 110 Å². The second-order valence-electron chi connectivity index (χ2n) is 4.68. The predicted octanol–water partition coefficient (Wildman–Crippen LogP) is 3.36. The third-order valence-electron chi connectivity index (χ3n) is 3.57. The minimum absolute atomic E-state index is 0.212. The Bertz CT molecular complexity index is 614. The standard InChI is InChI=1S/C14H13ClN2O/c15-13-8-12(14(18)17-16-13)11-6-4-10(5-7-11)9-2-1-3-9/h4-9H,1-3H2,(H,17,18). The van der Waals surface area contributed by atoms with Gasteiger partial charge in [0.15, 0.2) is 0 Å². The van der Waals surface area contributed by atoms with Crippen LogP contribution in [-0.2, 0) is 0 Å². The van der Waals surface area contributed by atoms with Gasteiger partial charge in [0.1, 0.15) is 5.15 Å². The summed E-state index contributed by atoms with van der Waals surface area (Å²) < 4.78 is 0. The van der Waals surface area contributed by atoms with E-state index in [4.69, 9.17) is 11.6 Å². The van der Waals surface area contributed by atoms with Gasteiger partial charge in [-0.3, -0.25) is 4.79 Å². The number of benzene rings is 1. The van der Waals surface area contributed by atoms with Crippen molar-refractivity contribution in [1.82, 2.24) is 10.2 Å². The van der Waals surface area contributed by atoms with Crippen LogP contribution >= 0.6 is 11.6 Å². The number of aromatic nitrogens is 2. The summed E-state index contributed by atoms with van der Waals surface area (Å²) in [5.74, 6) is 0.707. The molecule has 3 nitrogen and oxygen atoms in total. The van der Waals surface area contributed by atoms with Crippen LogP contribution in [0.5, 0.6) is 0 Å². The van der Waals surface area contributed by atoms with Gasteiger partial charge in [0.25, 0.3) is 5.56 Å². The van der Waals surface area contributed by atoms with Crippen molar-refractivity contribution in [1.29, 1.82) is 0 Å². The lowest BCUT2D eigenvalue weighted by Crippen LogP contribution is -2.11. The summed E-state index contributed by atoms with van der Waals surface area (Å²) in [5, 5.41) is 6.35. The lowest BCUT2D eigenvalue weighted by molar-refractivity contribution is 0.420. The molecular formula is C14H13ClN2O. The first-order valence-electron chi connectivity index (χ1n) is 6.09. The number of rotatable bonds is 2. The first kappa shape index (κ1) is 11.5. The topological polar surface area (TPSA) is 45.8 Å². The monoisotopic (exact) mass is 260 g/mol. The molecule has 92 valence electrons. The third-order valence-corrected chi connectivity index (χ3v) is 3.76. The van der Waals surface area contributed by atoms with Crippen LogP contribution < -0.4 is 5.56 Å². The molecular weight excluding hydrogens is 248 g/mol. The molecule has 0 unspecified atom stereocenters. The van der Waals surface area contributed by atoms with Crippen LogP contribution in [0.3, 0.4) is 0 Å². The number of hydrogen-bond acceptors (Lipinski definition) is 2. The molecule has 0 radical (unpaired) electrons. The highest BCUT2D eigenvalue weighted by Gasteiger charge is 2.19. The van der Waals surface area contributed by atoms with Crippen molar-refractivity contribution in [2.24, 2.45) is 0 Å². The molecule has 1 fully saturated rings. The molecule has 1 heterocycles. The Morgan fingerprint density at radius 2 is 1.94 bits per heavy atom. The Morgan fingerprint density at radius 1 is 1.22 bits per heavy atom. The van der Waals surface area contributed by atoms with Crippen LogP contribution in [0, 0.1) is 0 Å². The van der Waals surface area contributed by atoms with E-state index in [0.29, 0.717) is 16.6 Å². The van der Waals surface area contributed by atoms with Gasteiger partial charge in [-0.15, -0.1) is 0 Å². The molecule has 0 aliphatic heterocycles. The van der Waals surface area contributed by atoms with Crippen LogP contribution in [0.15, 0.2) is 35.1 Å². The Kier molecular flexibility index (Phi) is 2.92. The van der Waals surface area contributed by atoms with Crippen LogP contribution in [0.25, 0.3) is 11.1 Å². The molecule has 18 heavy (non-hydrogen) atoms. The molecule has 1 aliphatic rings. The highest BCUT2D eigenvalue weighted by Crippen LogP contribution is 2.36. The van der Waals surface area contributed by atoms with Crippen molar-refractivity contribution in [3.05, 3.63) is 51.4 Å². The van der Waals surface area contributed by atoms with Crippen molar-refractivity contribution in [2.45, 2.75) is 25.2 Å². The molecule has 1 saturated carbocycles. The minimum atomic E-state index is -0.212. The zero-order valence-corrected chi connectivity index (χ0v) is 10.6. The fraction of sp³-hybridized carbons (Fsp3) is 0.286. The van der Waals surface area contributed by atoms with E-state index in [1.54, 1.807) is 6.07 Å². The zero-order chi connectivity index (χ0) is 12.5. The molecule has 1 aromatic carbocycles. The van der Waals surface area contributed by atoms with E-state index in [2.05, 4.69) is 22.3 Å². The van der Waals surface area contributed by atoms with Gasteiger partial charge in [-0.1, -0.05) is 42.3 Å². The molecule has 1 aliphatic carbocycles. The van der Waals surface area contributed by atoms with E-state index in [1.165, 1.54) is 24.8 Å². The second kappa shape index (κ2) is 4.58. The molecule has 0 spiro atoms. The summed E-state index contributed by atoms with van der Waals surface area (Å²) in [6.07, 6.45) is 3.88. The molecule has 2 aromatic rings. The van der Waals surface area contributed by atoms with E-state index < -0.39 is 0 Å². The van der Waals surface area contributed by atoms with Crippen molar-refractivity contribution in [3.63, 3.8) is 0 Å². The number of halogens is 1. The Balaban J connectivity index is 1.96. The van der Waals surface area contributed by atoms with Crippen LogP contribution in [-0.4, -0.2) is 10.2 Å². The fourth-order valence-corrected chi connectivity index (χ4v) is 2.42. The van der Waals surface area contributed by atoms with Gasteiger partial charge in [0, 0.05) is 0 Å². The quantitative estimate of drug-likeness (QED) is 0.900. The molecule has 4 heteroatoms. The molecule has 0 bridgehead atoms. The molecule has 0 saturated heterocycles. The maximum Gasteiger partial charge on any atom is 0.272 e. The lowest BCUT2D eigenvalue weighted by atomic mass is 9.80. The first-order chi connectivity index (χ1) is 8.74. The zero-order valence-electron chi connectivity index (χ0n) is 9.82. The van der Waals surface area contributed by atoms with Crippen molar-refractivity contribution in [3.8, 4) is 11.1 Å². The highest BCUT2D eigenvalue weighted by molar-refractivity contribution is 6.29. The summed E-state index contributed by atoms with van der Waals surface area (Å²) in [7, 11) is 0. The summed E-state index contributed by atoms with van der Waals surface area (Å²) in [5.41, 5.74) is 2.59. The number of nitrogens with zero attached hydrogens (tertiary/aromatic N) is 1. The minimum Gasteiger partial charge on any atom is -0.267 e. The maximum absolute atomic E-state index is 11.7. The van der Waals surface area contributed by atoms with Gasteiger partial charge in [-0.2, -0.15) is 5.10 Å². The highest BCUT2D eigenvalue weighted by atomic mass is 35.5. The fourth-order valence-electron chi connectivity index (χ4n) is 2.27. The average molecular weight is 261 g/mol. The summed E-state index contributed by atoms with van der Waals surface area (Å²) >= 11 is 5.80. The van der Waals surface area contributed by atoms with Gasteiger partial charge in [0.05, 0.1) is 5.56 Å². The molecule has 3 rings (SSSR count).